The summed E-state index contributed by atoms with van der Waals surface area (Å²) in [5.74, 6) is -1.94. The van der Waals surface area contributed by atoms with Crippen LogP contribution in [0.2, 0.25) is 0 Å². The van der Waals surface area contributed by atoms with Crippen LogP contribution in [-0.2, 0) is 14.8 Å². The summed E-state index contributed by atoms with van der Waals surface area (Å²) in [5, 5.41) is 16.9. The van der Waals surface area contributed by atoms with Crippen molar-refractivity contribution in [3.8, 4) is 6.07 Å². The Labute approximate surface area is 94.9 Å². The molecule has 0 atom stereocenters. The van der Waals surface area contributed by atoms with Gasteiger partial charge in [0.2, 0.25) is 10.0 Å². The Morgan fingerprint density at radius 1 is 1.38 bits per heavy atom. The lowest BCUT2D eigenvalue weighted by atomic mass is 10.5. The van der Waals surface area contributed by atoms with Gasteiger partial charge in [-0.3, -0.25) is 4.79 Å². The van der Waals surface area contributed by atoms with Gasteiger partial charge in [-0.05, 0) is 14.1 Å². The molecule has 0 bridgehead atoms. The summed E-state index contributed by atoms with van der Waals surface area (Å²) >= 11 is 0. The van der Waals surface area contributed by atoms with Crippen LogP contribution < -0.4 is 0 Å². The highest BCUT2D eigenvalue weighted by molar-refractivity contribution is 7.89. The third-order valence-electron chi connectivity index (χ3n) is 1.75. The second kappa shape index (κ2) is 6.42. The second-order valence-electron chi connectivity index (χ2n) is 3.44. The minimum absolute atomic E-state index is 0.0588. The van der Waals surface area contributed by atoms with Gasteiger partial charge in [-0.2, -0.15) is 9.57 Å². The zero-order valence-corrected chi connectivity index (χ0v) is 10.1. The predicted molar refractivity (Wildman–Crippen MR) is 57.2 cm³/mol. The van der Waals surface area contributed by atoms with Gasteiger partial charge in [-0.25, -0.2) is 8.42 Å². The summed E-state index contributed by atoms with van der Waals surface area (Å²) < 4.78 is 23.8. The van der Waals surface area contributed by atoms with Crippen molar-refractivity contribution in [2.75, 3.05) is 39.5 Å². The zero-order chi connectivity index (χ0) is 12.8. The van der Waals surface area contributed by atoms with E-state index in [-0.39, 0.29) is 6.54 Å². The van der Waals surface area contributed by atoms with E-state index in [1.807, 2.05) is 0 Å². The van der Waals surface area contributed by atoms with Gasteiger partial charge in [0, 0.05) is 13.1 Å². The first-order valence-electron chi connectivity index (χ1n) is 4.51. The monoisotopic (exact) mass is 249 g/mol. The van der Waals surface area contributed by atoms with Crippen LogP contribution in [0.3, 0.4) is 0 Å². The molecule has 16 heavy (non-hydrogen) atoms. The van der Waals surface area contributed by atoms with Crippen molar-refractivity contribution in [3.63, 3.8) is 0 Å². The van der Waals surface area contributed by atoms with Crippen molar-refractivity contribution < 1.29 is 18.3 Å². The smallest absolute Gasteiger partial charge is 0.318 e. The van der Waals surface area contributed by atoms with Gasteiger partial charge in [-0.15, -0.1) is 0 Å². The summed E-state index contributed by atoms with van der Waals surface area (Å²) in [5.41, 5.74) is 0. The molecule has 0 aromatic carbocycles. The number of rotatable bonds is 7. The lowest BCUT2D eigenvalue weighted by molar-refractivity contribution is -0.137. The number of nitrogens with zero attached hydrogens (tertiary/aromatic N) is 3. The fraction of sp³-hybridized carbons (Fsp3) is 0.750. The first kappa shape index (κ1) is 14.8. The minimum Gasteiger partial charge on any atom is -0.480 e. The van der Waals surface area contributed by atoms with Crippen molar-refractivity contribution >= 4 is 16.0 Å². The summed E-state index contributed by atoms with van der Waals surface area (Å²) in [7, 11) is -0.307. The molecule has 0 fully saturated rings. The van der Waals surface area contributed by atoms with Crippen molar-refractivity contribution in [2.24, 2.45) is 0 Å². The molecule has 0 saturated heterocycles. The van der Waals surface area contributed by atoms with Crippen LogP contribution in [0.25, 0.3) is 0 Å². The Balaban J connectivity index is 4.67. The van der Waals surface area contributed by atoms with Gasteiger partial charge < -0.3 is 10.0 Å². The molecule has 0 heterocycles. The van der Waals surface area contributed by atoms with Crippen LogP contribution in [0, 0.1) is 11.3 Å². The molecular weight excluding hydrogens is 234 g/mol. The van der Waals surface area contributed by atoms with E-state index < -0.39 is 28.3 Å². The zero-order valence-electron chi connectivity index (χ0n) is 9.25. The van der Waals surface area contributed by atoms with E-state index in [0.717, 1.165) is 4.31 Å². The van der Waals surface area contributed by atoms with E-state index in [1.54, 1.807) is 19.0 Å². The third kappa shape index (κ3) is 5.65. The molecular formula is C8H15N3O4S. The molecule has 0 aromatic rings. The lowest BCUT2D eigenvalue weighted by Gasteiger charge is -2.20. The highest BCUT2D eigenvalue weighted by Gasteiger charge is 2.23. The molecule has 0 radical (unpaired) electrons. The molecule has 1 N–H and O–H groups in total. The molecule has 0 saturated carbocycles. The van der Waals surface area contributed by atoms with Gasteiger partial charge >= 0.3 is 5.97 Å². The first-order chi connectivity index (χ1) is 7.29. The molecule has 8 heteroatoms. The van der Waals surface area contributed by atoms with Gasteiger partial charge in [0.25, 0.3) is 0 Å². The number of nitriles is 1. The van der Waals surface area contributed by atoms with Gasteiger partial charge in [0.15, 0.2) is 5.75 Å². The largest absolute Gasteiger partial charge is 0.480 e. The second-order valence-corrected chi connectivity index (χ2v) is 5.41. The number of carboxylic acid groups (broad SMARTS) is 1. The highest BCUT2D eigenvalue weighted by Crippen LogP contribution is 2.01. The summed E-state index contributed by atoms with van der Waals surface area (Å²) in [6.07, 6.45) is 0. The van der Waals surface area contributed by atoms with E-state index in [0.29, 0.717) is 6.54 Å². The molecule has 0 aliphatic rings. The Hall–Kier alpha value is -1.17. The maximum atomic E-state index is 11.5. The highest BCUT2D eigenvalue weighted by atomic mass is 32.2. The normalized spacial score (nSPS) is 11.7. The van der Waals surface area contributed by atoms with E-state index in [2.05, 4.69) is 0 Å². The third-order valence-corrected chi connectivity index (χ3v) is 3.34. The molecule has 0 aromatic heterocycles. The van der Waals surface area contributed by atoms with Crippen LogP contribution >= 0.6 is 0 Å². The maximum Gasteiger partial charge on any atom is 0.318 e. The Bertz CT molecular complexity index is 371. The number of carbonyl (C=O) groups is 1. The minimum atomic E-state index is -3.80. The number of hydrogen-bond acceptors (Lipinski definition) is 5. The number of aliphatic carboxylic acids is 1. The van der Waals surface area contributed by atoms with Crippen LogP contribution in [0.15, 0.2) is 0 Å². The number of hydrogen-bond donors (Lipinski definition) is 1. The van der Waals surface area contributed by atoms with Crippen molar-refractivity contribution in [1.29, 1.82) is 5.26 Å². The van der Waals surface area contributed by atoms with E-state index in [1.165, 1.54) is 6.07 Å². The van der Waals surface area contributed by atoms with Crippen LogP contribution in [0.5, 0.6) is 0 Å². The number of carboxylic acids is 1. The van der Waals surface area contributed by atoms with Crippen LogP contribution in [0.4, 0.5) is 0 Å². The Morgan fingerprint density at radius 2 is 1.94 bits per heavy atom. The summed E-state index contributed by atoms with van der Waals surface area (Å²) in [4.78, 5) is 12.2. The summed E-state index contributed by atoms with van der Waals surface area (Å²) in [6.45, 7) is -0.154. The van der Waals surface area contributed by atoms with E-state index >= 15 is 0 Å². The Morgan fingerprint density at radius 3 is 2.31 bits per heavy atom. The first-order valence-corrected chi connectivity index (χ1v) is 6.12. The maximum absolute atomic E-state index is 11.5. The molecule has 7 nitrogen and oxygen atoms in total. The predicted octanol–water partition coefficient (Wildman–Crippen LogP) is -1.21. The fourth-order valence-electron chi connectivity index (χ4n) is 0.952. The quantitative estimate of drug-likeness (QED) is 0.607. The molecule has 0 rings (SSSR count). The van der Waals surface area contributed by atoms with Crippen molar-refractivity contribution in [2.45, 2.75) is 0 Å². The van der Waals surface area contributed by atoms with Crippen molar-refractivity contribution in [1.82, 2.24) is 9.21 Å². The van der Waals surface area contributed by atoms with Crippen LogP contribution in [0.1, 0.15) is 0 Å². The molecule has 0 spiro atoms. The fourth-order valence-corrected chi connectivity index (χ4v) is 1.96. The SMILES string of the molecule is CN(C)CCN(CC(=O)O)S(=O)(=O)CC#N. The summed E-state index contributed by atoms with van der Waals surface area (Å²) in [6, 6.07) is 1.51. The van der Waals surface area contributed by atoms with E-state index in [4.69, 9.17) is 10.4 Å². The average molecular weight is 249 g/mol. The molecule has 92 valence electrons. The van der Waals surface area contributed by atoms with Crippen LogP contribution in [-0.4, -0.2) is 68.2 Å². The molecule has 0 aliphatic heterocycles. The average Bonchev–Trinajstić information content (AvgIpc) is 2.11. The molecule has 0 unspecified atom stereocenters. The Kier molecular flexibility index (Phi) is 5.95. The lowest BCUT2D eigenvalue weighted by Crippen LogP contribution is -2.40. The van der Waals surface area contributed by atoms with Gasteiger partial charge in [-0.1, -0.05) is 0 Å². The molecule has 0 aliphatic carbocycles. The topological polar surface area (TPSA) is 102 Å². The van der Waals surface area contributed by atoms with Crippen molar-refractivity contribution in [3.05, 3.63) is 0 Å². The number of sulfonamides is 1. The standard InChI is InChI=1S/C8H15N3O4S/c1-10(2)4-5-11(7-8(12)13)16(14,15)6-3-9/h4-7H2,1-2H3,(H,12,13). The van der Waals surface area contributed by atoms with E-state index in [9.17, 15) is 13.2 Å². The number of likely N-dealkylation sites (N-methyl/N-ethyl adjacent to an activating group) is 1. The molecule has 0 amide bonds. The van der Waals surface area contributed by atoms with Gasteiger partial charge in [0.05, 0.1) is 6.07 Å². The van der Waals surface area contributed by atoms with Gasteiger partial charge in [0.1, 0.15) is 6.54 Å².